The first-order chi connectivity index (χ1) is 13.6. The van der Waals surface area contributed by atoms with Gasteiger partial charge in [-0.05, 0) is 35.9 Å². The Morgan fingerprint density at radius 3 is 2.57 bits per heavy atom. The first-order valence-corrected chi connectivity index (χ1v) is 9.23. The van der Waals surface area contributed by atoms with Crippen LogP contribution in [0.1, 0.15) is 15.9 Å². The van der Waals surface area contributed by atoms with E-state index in [1.807, 2.05) is 48.5 Å². The minimum atomic E-state index is -0.108. The molecule has 0 unspecified atom stereocenters. The van der Waals surface area contributed by atoms with Crippen molar-refractivity contribution < 1.29 is 14.3 Å². The number of rotatable bonds is 8. The van der Waals surface area contributed by atoms with Crippen LogP contribution in [0.25, 0.3) is 0 Å². The molecule has 0 aliphatic carbocycles. The predicted octanol–water partition coefficient (Wildman–Crippen LogP) is 3.74. The second-order valence-corrected chi connectivity index (χ2v) is 6.68. The molecule has 3 aromatic rings. The van der Waals surface area contributed by atoms with Crippen molar-refractivity contribution in [3.63, 3.8) is 0 Å². The molecule has 0 atom stereocenters. The molecule has 1 aromatic heterocycles. The van der Waals surface area contributed by atoms with Gasteiger partial charge in [0.1, 0.15) is 18.1 Å². The van der Waals surface area contributed by atoms with Crippen molar-refractivity contribution in [3.8, 4) is 11.5 Å². The molecule has 28 heavy (non-hydrogen) atoms. The van der Waals surface area contributed by atoms with Crippen LogP contribution in [0.5, 0.6) is 11.5 Å². The summed E-state index contributed by atoms with van der Waals surface area (Å²) >= 11 is 6.18. The van der Waals surface area contributed by atoms with Crippen molar-refractivity contribution in [3.05, 3.63) is 77.1 Å². The SMILES string of the molecule is COc1ccc(OCCN(C)C(=O)c2cnn(Cc3ccccc3Cl)c2)cc1. The molecule has 0 aliphatic heterocycles. The van der Waals surface area contributed by atoms with E-state index in [0.717, 1.165) is 17.1 Å². The molecule has 1 heterocycles. The number of ether oxygens (including phenoxy) is 2. The normalized spacial score (nSPS) is 10.5. The van der Waals surface area contributed by atoms with E-state index in [9.17, 15) is 4.79 Å². The number of methoxy groups -OCH3 is 1. The van der Waals surface area contributed by atoms with Crippen LogP contribution in [0, 0.1) is 0 Å². The fourth-order valence-corrected chi connectivity index (χ4v) is 2.85. The molecule has 0 radical (unpaired) electrons. The highest BCUT2D eigenvalue weighted by Crippen LogP contribution is 2.17. The molecule has 2 aromatic carbocycles. The van der Waals surface area contributed by atoms with Crippen molar-refractivity contribution in [2.45, 2.75) is 6.54 Å². The van der Waals surface area contributed by atoms with Crippen molar-refractivity contribution in [2.24, 2.45) is 0 Å². The fraction of sp³-hybridized carbons (Fsp3) is 0.238. The third-order valence-corrected chi connectivity index (χ3v) is 4.64. The Morgan fingerprint density at radius 1 is 1.14 bits per heavy atom. The van der Waals surface area contributed by atoms with Gasteiger partial charge in [0.05, 0.1) is 32.0 Å². The quantitative estimate of drug-likeness (QED) is 0.579. The van der Waals surface area contributed by atoms with Crippen LogP contribution >= 0.6 is 11.6 Å². The molecule has 0 N–H and O–H groups in total. The first kappa shape index (κ1) is 19.8. The minimum absolute atomic E-state index is 0.108. The smallest absolute Gasteiger partial charge is 0.256 e. The van der Waals surface area contributed by atoms with Crippen LogP contribution in [0.15, 0.2) is 60.9 Å². The van der Waals surface area contributed by atoms with E-state index in [2.05, 4.69) is 5.10 Å². The van der Waals surface area contributed by atoms with Crippen molar-refractivity contribution in [1.29, 1.82) is 0 Å². The van der Waals surface area contributed by atoms with E-state index in [1.54, 1.807) is 36.1 Å². The Hall–Kier alpha value is -2.99. The summed E-state index contributed by atoms with van der Waals surface area (Å²) in [5.74, 6) is 1.39. The lowest BCUT2D eigenvalue weighted by molar-refractivity contribution is 0.0773. The van der Waals surface area contributed by atoms with E-state index in [-0.39, 0.29) is 5.91 Å². The zero-order valence-electron chi connectivity index (χ0n) is 15.8. The highest BCUT2D eigenvalue weighted by molar-refractivity contribution is 6.31. The number of amides is 1. The molecule has 146 valence electrons. The van der Waals surface area contributed by atoms with E-state index >= 15 is 0 Å². The molecule has 0 spiro atoms. The van der Waals surface area contributed by atoms with Crippen LogP contribution in [0.3, 0.4) is 0 Å². The van der Waals surface area contributed by atoms with E-state index in [0.29, 0.717) is 30.3 Å². The zero-order chi connectivity index (χ0) is 19.9. The number of likely N-dealkylation sites (N-methyl/N-ethyl adjacent to an activating group) is 1. The number of nitrogens with zero attached hydrogens (tertiary/aromatic N) is 3. The van der Waals surface area contributed by atoms with Gasteiger partial charge in [0.15, 0.2) is 0 Å². The third kappa shape index (κ3) is 5.04. The molecular formula is C21H22ClN3O3. The van der Waals surface area contributed by atoms with Crippen LogP contribution in [-0.4, -0.2) is 47.9 Å². The highest BCUT2D eigenvalue weighted by atomic mass is 35.5. The van der Waals surface area contributed by atoms with E-state index < -0.39 is 0 Å². The Bertz CT molecular complexity index is 925. The number of benzene rings is 2. The Morgan fingerprint density at radius 2 is 1.86 bits per heavy atom. The summed E-state index contributed by atoms with van der Waals surface area (Å²) in [5.41, 5.74) is 1.48. The molecular weight excluding hydrogens is 378 g/mol. The second kappa shape index (κ2) is 9.28. The molecule has 0 aliphatic rings. The number of halogens is 1. The summed E-state index contributed by atoms with van der Waals surface area (Å²) in [6.45, 7) is 1.36. The van der Waals surface area contributed by atoms with Crippen molar-refractivity contribution in [1.82, 2.24) is 14.7 Å². The van der Waals surface area contributed by atoms with Crippen molar-refractivity contribution in [2.75, 3.05) is 27.3 Å². The molecule has 3 rings (SSSR count). The molecule has 0 fully saturated rings. The maximum absolute atomic E-state index is 12.6. The standard InChI is InChI=1S/C21H22ClN3O3/c1-24(11-12-28-19-9-7-18(27-2)8-10-19)21(26)17-13-23-25(15-17)14-16-5-3-4-6-20(16)22/h3-10,13,15H,11-12,14H2,1-2H3. The Labute approximate surface area is 169 Å². The maximum atomic E-state index is 12.6. The van der Waals surface area contributed by atoms with Crippen LogP contribution in [0.4, 0.5) is 0 Å². The number of hydrogen-bond donors (Lipinski definition) is 0. The Kier molecular flexibility index (Phi) is 6.55. The van der Waals surface area contributed by atoms with Gasteiger partial charge >= 0.3 is 0 Å². The van der Waals surface area contributed by atoms with Crippen LogP contribution < -0.4 is 9.47 Å². The number of carbonyl (C=O) groups is 1. The average Bonchev–Trinajstić information content (AvgIpc) is 3.18. The first-order valence-electron chi connectivity index (χ1n) is 8.85. The second-order valence-electron chi connectivity index (χ2n) is 6.27. The monoisotopic (exact) mass is 399 g/mol. The summed E-state index contributed by atoms with van der Waals surface area (Å²) in [6.07, 6.45) is 3.30. The molecule has 1 amide bonds. The molecule has 0 saturated heterocycles. The maximum Gasteiger partial charge on any atom is 0.256 e. The van der Waals surface area contributed by atoms with E-state index in [4.69, 9.17) is 21.1 Å². The summed E-state index contributed by atoms with van der Waals surface area (Å²) < 4.78 is 12.5. The van der Waals surface area contributed by atoms with Gasteiger partial charge in [0.25, 0.3) is 5.91 Å². The largest absolute Gasteiger partial charge is 0.497 e. The number of aromatic nitrogens is 2. The van der Waals surface area contributed by atoms with Gasteiger partial charge in [-0.25, -0.2) is 0 Å². The summed E-state index contributed by atoms with van der Waals surface area (Å²) in [5, 5.41) is 4.95. The fourth-order valence-electron chi connectivity index (χ4n) is 2.66. The lowest BCUT2D eigenvalue weighted by Gasteiger charge is -2.16. The summed E-state index contributed by atoms with van der Waals surface area (Å²) in [4.78, 5) is 14.2. The van der Waals surface area contributed by atoms with Crippen LogP contribution in [0.2, 0.25) is 5.02 Å². The highest BCUT2D eigenvalue weighted by Gasteiger charge is 2.14. The van der Waals surface area contributed by atoms with Gasteiger partial charge in [-0.2, -0.15) is 5.10 Å². The van der Waals surface area contributed by atoms with Gasteiger partial charge in [0.2, 0.25) is 0 Å². The lowest BCUT2D eigenvalue weighted by Crippen LogP contribution is -2.30. The number of hydrogen-bond acceptors (Lipinski definition) is 4. The van der Waals surface area contributed by atoms with Crippen LogP contribution in [-0.2, 0) is 6.54 Å². The van der Waals surface area contributed by atoms with Gasteiger partial charge in [0, 0.05) is 18.3 Å². The molecule has 6 nitrogen and oxygen atoms in total. The topological polar surface area (TPSA) is 56.6 Å². The Balaban J connectivity index is 1.51. The van der Waals surface area contributed by atoms with Gasteiger partial charge < -0.3 is 14.4 Å². The molecule has 0 saturated carbocycles. The van der Waals surface area contributed by atoms with E-state index in [1.165, 1.54) is 0 Å². The third-order valence-electron chi connectivity index (χ3n) is 4.27. The number of carbonyl (C=O) groups excluding carboxylic acids is 1. The minimum Gasteiger partial charge on any atom is -0.497 e. The molecule has 7 heteroatoms. The van der Waals surface area contributed by atoms with Gasteiger partial charge in [-0.3, -0.25) is 9.48 Å². The molecule has 0 bridgehead atoms. The summed E-state index contributed by atoms with van der Waals surface area (Å²) in [7, 11) is 3.36. The average molecular weight is 400 g/mol. The lowest BCUT2D eigenvalue weighted by atomic mass is 10.2. The van der Waals surface area contributed by atoms with Crippen molar-refractivity contribution >= 4 is 17.5 Å². The van der Waals surface area contributed by atoms with Gasteiger partial charge in [-0.1, -0.05) is 29.8 Å². The zero-order valence-corrected chi connectivity index (χ0v) is 16.6. The predicted molar refractivity (Wildman–Crippen MR) is 108 cm³/mol. The summed E-state index contributed by atoms with van der Waals surface area (Å²) in [6, 6.07) is 14.9. The van der Waals surface area contributed by atoms with Gasteiger partial charge in [-0.15, -0.1) is 0 Å².